The number of anilines is 1. The maximum atomic E-state index is 12.5. The van der Waals surface area contributed by atoms with Gasteiger partial charge in [-0.3, -0.25) is 4.79 Å². The number of benzene rings is 1. The highest BCUT2D eigenvalue weighted by atomic mass is 35.5. The number of hydrogen-bond donors (Lipinski definition) is 2. The van der Waals surface area contributed by atoms with E-state index in [2.05, 4.69) is 15.3 Å². The van der Waals surface area contributed by atoms with Crippen LogP contribution in [0.1, 0.15) is 27.5 Å². The molecule has 0 bridgehead atoms. The van der Waals surface area contributed by atoms with Crippen molar-refractivity contribution in [1.29, 1.82) is 0 Å². The van der Waals surface area contributed by atoms with Crippen molar-refractivity contribution in [1.82, 2.24) is 15.3 Å². The second-order valence-corrected chi connectivity index (χ2v) is 6.05. The number of nitrogen functional groups attached to an aromatic ring is 1. The standard InChI is InChI=1S/C16H13ClN4OS/c17-12-3-1-10(2-4-12)14(11-5-6-23-8-11)21-16(22)13-7-19-9-20-15(13)18/h1-9,14H,(H,21,22)(H2,18,19,20)/t14-/m0/s1. The van der Waals surface area contributed by atoms with Crippen molar-refractivity contribution in [3.05, 3.63) is 75.3 Å². The number of amides is 1. The molecule has 3 aromatic rings. The third-order valence-corrected chi connectivity index (χ3v) is 4.30. The van der Waals surface area contributed by atoms with Crippen LogP contribution in [0.2, 0.25) is 5.02 Å². The number of halogens is 1. The average Bonchev–Trinajstić information content (AvgIpc) is 3.08. The van der Waals surface area contributed by atoms with Crippen LogP contribution in [0.4, 0.5) is 5.82 Å². The maximum absolute atomic E-state index is 12.5. The summed E-state index contributed by atoms with van der Waals surface area (Å²) in [4.78, 5) is 20.2. The number of aromatic nitrogens is 2. The van der Waals surface area contributed by atoms with Gasteiger partial charge >= 0.3 is 0 Å². The van der Waals surface area contributed by atoms with Crippen LogP contribution in [0.15, 0.2) is 53.6 Å². The fraction of sp³-hybridized carbons (Fsp3) is 0.0625. The van der Waals surface area contributed by atoms with E-state index in [0.29, 0.717) is 5.02 Å². The zero-order valence-corrected chi connectivity index (χ0v) is 13.5. The van der Waals surface area contributed by atoms with E-state index < -0.39 is 0 Å². The van der Waals surface area contributed by atoms with E-state index >= 15 is 0 Å². The molecule has 2 aromatic heterocycles. The monoisotopic (exact) mass is 344 g/mol. The van der Waals surface area contributed by atoms with E-state index in [9.17, 15) is 4.79 Å². The summed E-state index contributed by atoms with van der Waals surface area (Å²) in [5.41, 5.74) is 7.91. The van der Waals surface area contributed by atoms with E-state index in [-0.39, 0.29) is 23.3 Å². The molecule has 3 rings (SSSR count). The summed E-state index contributed by atoms with van der Waals surface area (Å²) in [5.74, 6) is -0.174. The molecule has 0 aliphatic heterocycles. The Hall–Kier alpha value is -2.44. The van der Waals surface area contributed by atoms with Crippen LogP contribution in [-0.4, -0.2) is 15.9 Å². The summed E-state index contributed by atoms with van der Waals surface area (Å²) in [6, 6.07) is 9.02. The lowest BCUT2D eigenvalue weighted by Crippen LogP contribution is -2.30. The minimum atomic E-state index is -0.325. The molecule has 7 heteroatoms. The number of hydrogen-bond acceptors (Lipinski definition) is 5. The second kappa shape index (κ2) is 6.76. The van der Waals surface area contributed by atoms with Crippen molar-refractivity contribution >= 4 is 34.7 Å². The predicted molar refractivity (Wildman–Crippen MR) is 91.5 cm³/mol. The molecule has 116 valence electrons. The van der Waals surface area contributed by atoms with E-state index in [4.69, 9.17) is 17.3 Å². The third-order valence-electron chi connectivity index (χ3n) is 3.34. The van der Waals surface area contributed by atoms with Crippen molar-refractivity contribution in [2.45, 2.75) is 6.04 Å². The van der Waals surface area contributed by atoms with Gasteiger partial charge in [0.15, 0.2) is 0 Å². The maximum Gasteiger partial charge on any atom is 0.257 e. The Morgan fingerprint density at radius 3 is 2.65 bits per heavy atom. The van der Waals surface area contributed by atoms with Gasteiger partial charge < -0.3 is 11.1 Å². The van der Waals surface area contributed by atoms with E-state index in [0.717, 1.165) is 11.1 Å². The fourth-order valence-corrected chi connectivity index (χ4v) is 2.99. The van der Waals surface area contributed by atoms with Gasteiger partial charge in [-0.1, -0.05) is 23.7 Å². The van der Waals surface area contributed by atoms with E-state index in [1.165, 1.54) is 12.5 Å². The van der Waals surface area contributed by atoms with Crippen LogP contribution in [-0.2, 0) is 0 Å². The topological polar surface area (TPSA) is 80.9 Å². The largest absolute Gasteiger partial charge is 0.383 e. The van der Waals surface area contributed by atoms with Crippen LogP contribution < -0.4 is 11.1 Å². The SMILES string of the molecule is Nc1ncncc1C(=O)N[C@@H](c1ccc(Cl)cc1)c1ccsc1. The average molecular weight is 345 g/mol. The third kappa shape index (κ3) is 3.49. The summed E-state index contributed by atoms with van der Waals surface area (Å²) in [6.07, 6.45) is 2.71. The number of nitrogens with one attached hydrogen (secondary N) is 1. The van der Waals surface area contributed by atoms with E-state index in [1.54, 1.807) is 23.5 Å². The molecule has 1 aromatic carbocycles. The van der Waals surface area contributed by atoms with Crippen LogP contribution in [0, 0.1) is 0 Å². The molecule has 1 amide bonds. The van der Waals surface area contributed by atoms with Gasteiger partial charge in [0.2, 0.25) is 0 Å². The number of nitrogens with two attached hydrogens (primary N) is 1. The van der Waals surface area contributed by atoms with Crippen molar-refractivity contribution in [3.63, 3.8) is 0 Å². The van der Waals surface area contributed by atoms with Gasteiger partial charge in [0, 0.05) is 11.2 Å². The zero-order valence-electron chi connectivity index (χ0n) is 11.9. The lowest BCUT2D eigenvalue weighted by atomic mass is 10.0. The van der Waals surface area contributed by atoms with Crippen molar-refractivity contribution in [2.75, 3.05) is 5.73 Å². The number of thiophene rings is 1. The first-order valence-corrected chi connectivity index (χ1v) is 8.11. The Bertz CT molecular complexity index is 805. The van der Waals surface area contributed by atoms with E-state index in [1.807, 2.05) is 29.0 Å². The van der Waals surface area contributed by atoms with Crippen LogP contribution >= 0.6 is 22.9 Å². The van der Waals surface area contributed by atoms with Gasteiger partial charge in [-0.15, -0.1) is 0 Å². The summed E-state index contributed by atoms with van der Waals surface area (Å²) >= 11 is 7.51. The molecule has 23 heavy (non-hydrogen) atoms. The summed E-state index contributed by atoms with van der Waals surface area (Å²) in [6.45, 7) is 0. The highest BCUT2D eigenvalue weighted by molar-refractivity contribution is 7.08. The van der Waals surface area contributed by atoms with Crippen molar-refractivity contribution in [2.24, 2.45) is 0 Å². The lowest BCUT2D eigenvalue weighted by molar-refractivity contribution is 0.0943. The smallest absolute Gasteiger partial charge is 0.257 e. The second-order valence-electron chi connectivity index (χ2n) is 4.84. The zero-order chi connectivity index (χ0) is 16.2. The first-order chi connectivity index (χ1) is 11.1. The Balaban J connectivity index is 1.92. The van der Waals surface area contributed by atoms with Crippen molar-refractivity contribution in [3.8, 4) is 0 Å². The molecular formula is C16H13ClN4OS. The molecule has 0 radical (unpaired) electrons. The molecule has 2 heterocycles. The lowest BCUT2D eigenvalue weighted by Gasteiger charge is -2.19. The Morgan fingerprint density at radius 1 is 1.22 bits per heavy atom. The van der Waals surface area contributed by atoms with Gasteiger partial charge in [0.25, 0.3) is 5.91 Å². The first kappa shape index (κ1) is 15.5. The van der Waals surface area contributed by atoms with Gasteiger partial charge in [-0.25, -0.2) is 9.97 Å². The molecule has 0 spiro atoms. The number of nitrogens with zero attached hydrogens (tertiary/aromatic N) is 2. The number of carbonyl (C=O) groups excluding carboxylic acids is 1. The van der Waals surface area contributed by atoms with Crippen molar-refractivity contribution < 1.29 is 4.79 Å². The highest BCUT2D eigenvalue weighted by Crippen LogP contribution is 2.26. The van der Waals surface area contributed by atoms with Gasteiger partial charge in [-0.05, 0) is 40.1 Å². The minimum absolute atomic E-state index is 0.151. The first-order valence-electron chi connectivity index (χ1n) is 6.79. The molecule has 0 unspecified atom stereocenters. The quantitative estimate of drug-likeness (QED) is 0.761. The Labute approximate surface area is 142 Å². The predicted octanol–water partition coefficient (Wildman–Crippen LogP) is 3.29. The van der Waals surface area contributed by atoms with Gasteiger partial charge in [0.1, 0.15) is 12.1 Å². The molecular weight excluding hydrogens is 332 g/mol. The number of carbonyl (C=O) groups is 1. The molecule has 0 aliphatic rings. The molecule has 0 fully saturated rings. The van der Waals surface area contributed by atoms with Gasteiger partial charge in [0.05, 0.1) is 11.6 Å². The highest BCUT2D eigenvalue weighted by Gasteiger charge is 2.20. The molecule has 0 saturated carbocycles. The minimum Gasteiger partial charge on any atom is -0.383 e. The summed E-state index contributed by atoms with van der Waals surface area (Å²) in [5, 5.41) is 7.57. The molecule has 0 saturated heterocycles. The Kier molecular flexibility index (Phi) is 4.55. The number of rotatable bonds is 4. The summed E-state index contributed by atoms with van der Waals surface area (Å²) in [7, 11) is 0. The van der Waals surface area contributed by atoms with Crippen LogP contribution in [0.3, 0.4) is 0 Å². The molecule has 3 N–H and O–H groups in total. The molecule has 0 aliphatic carbocycles. The van der Waals surface area contributed by atoms with Gasteiger partial charge in [-0.2, -0.15) is 11.3 Å². The normalized spacial score (nSPS) is 11.9. The van der Waals surface area contributed by atoms with Crippen LogP contribution in [0.25, 0.3) is 0 Å². The Morgan fingerprint density at radius 2 is 2.00 bits per heavy atom. The molecule has 5 nitrogen and oxygen atoms in total. The fourth-order valence-electron chi connectivity index (χ4n) is 2.18. The van der Waals surface area contributed by atoms with Crippen LogP contribution in [0.5, 0.6) is 0 Å². The molecule has 1 atom stereocenters. The summed E-state index contributed by atoms with van der Waals surface area (Å²) < 4.78 is 0.